The summed E-state index contributed by atoms with van der Waals surface area (Å²) in [6.07, 6.45) is -2.99. The summed E-state index contributed by atoms with van der Waals surface area (Å²) >= 11 is 3.35. The Bertz CT molecular complexity index is 781. The van der Waals surface area contributed by atoms with Crippen molar-refractivity contribution in [2.45, 2.75) is 31.0 Å². The smallest absolute Gasteiger partial charge is 0.481 e. The molecule has 138 valence electrons. The Kier molecular flexibility index (Phi) is 5.01. The summed E-state index contributed by atoms with van der Waals surface area (Å²) in [5, 5.41) is 9.75. The van der Waals surface area contributed by atoms with E-state index in [9.17, 15) is 23.1 Å². The summed E-state index contributed by atoms with van der Waals surface area (Å²) in [5.41, 5.74) is 1.09. The number of carboxylic acid groups (broad SMARTS) is 1. The average Bonchev–Trinajstić information content (AvgIpc) is 3.34. The van der Waals surface area contributed by atoms with Crippen LogP contribution in [0, 0.1) is 5.92 Å². The first-order valence-electron chi connectivity index (χ1n) is 8.03. The Morgan fingerprint density at radius 2 is 1.69 bits per heavy atom. The van der Waals surface area contributed by atoms with Crippen LogP contribution in [0.3, 0.4) is 0 Å². The number of aliphatic carboxylic acids is 1. The van der Waals surface area contributed by atoms with E-state index in [0.717, 1.165) is 15.6 Å². The van der Waals surface area contributed by atoms with Crippen LogP contribution >= 0.6 is 15.9 Å². The first-order chi connectivity index (χ1) is 12.2. The molecule has 1 atom stereocenters. The molecule has 3 rings (SSSR count). The molecule has 0 radical (unpaired) electrons. The van der Waals surface area contributed by atoms with E-state index in [-0.39, 0.29) is 5.75 Å². The molecular formula is C19H16BrF3O3. The number of alkyl halides is 3. The maximum Gasteiger partial charge on any atom is 0.573 e. The molecule has 1 N–H and O–H groups in total. The van der Waals surface area contributed by atoms with Gasteiger partial charge in [0.25, 0.3) is 0 Å². The number of hydrogen-bond donors (Lipinski definition) is 1. The van der Waals surface area contributed by atoms with Gasteiger partial charge in [0.15, 0.2) is 0 Å². The zero-order valence-corrected chi connectivity index (χ0v) is 15.2. The lowest BCUT2D eigenvalue weighted by atomic mass is 9.79. The van der Waals surface area contributed by atoms with Gasteiger partial charge >= 0.3 is 12.3 Å². The van der Waals surface area contributed by atoms with Gasteiger partial charge in [0, 0.05) is 9.89 Å². The number of ether oxygens (including phenoxy) is 1. The molecule has 1 saturated carbocycles. The maximum absolute atomic E-state index is 12.3. The third-order valence-electron chi connectivity index (χ3n) is 4.77. The van der Waals surface area contributed by atoms with Crippen LogP contribution < -0.4 is 4.74 Å². The Morgan fingerprint density at radius 1 is 1.12 bits per heavy atom. The topological polar surface area (TPSA) is 46.5 Å². The van der Waals surface area contributed by atoms with Gasteiger partial charge in [-0.3, -0.25) is 4.79 Å². The Hall–Kier alpha value is -2.02. The first kappa shape index (κ1) is 18.8. The molecule has 1 aliphatic carbocycles. The van der Waals surface area contributed by atoms with Crippen LogP contribution in [0.2, 0.25) is 0 Å². The van der Waals surface area contributed by atoms with Gasteiger partial charge in [-0.25, -0.2) is 0 Å². The van der Waals surface area contributed by atoms with Crippen LogP contribution in [0.25, 0.3) is 0 Å². The minimum absolute atomic E-state index is 0.308. The molecule has 0 aromatic heterocycles. The standard InChI is InChI=1S/C19H16BrF3O3/c20-14-5-1-12(2-6-14)11-16(17(24)25)18(9-10-18)13-3-7-15(8-4-13)26-19(21,22)23/h1-8,16H,9-11H2,(H,24,25)/t16-/m1/s1. The predicted octanol–water partition coefficient (Wildman–Crippen LogP) is 5.32. The van der Waals surface area contributed by atoms with Gasteiger partial charge in [0.1, 0.15) is 5.75 Å². The van der Waals surface area contributed by atoms with E-state index in [0.29, 0.717) is 19.3 Å². The van der Waals surface area contributed by atoms with Gasteiger partial charge in [-0.05, 0) is 54.7 Å². The molecule has 0 spiro atoms. The van der Waals surface area contributed by atoms with Gasteiger partial charge in [0.05, 0.1) is 5.92 Å². The van der Waals surface area contributed by atoms with E-state index >= 15 is 0 Å². The fourth-order valence-electron chi connectivity index (χ4n) is 3.34. The number of carboxylic acids is 1. The predicted molar refractivity (Wildman–Crippen MR) is 93.0 cm³/mol. The molecule has 2 aromatic carbocycles. The molecule has 1 aliphatic rings. The quantitative estimate of drug-likeness (QED) is 0.676. The molecule has 0 heterocycles. The number of halogens is 4. The van der Waals surface area contributed by atoms with Crippen molar-refractivity contribution in [1.29, 1.82) is 0 Å². The highest BCUT2D eigenvalue weighted by molar-refractivity contribution is 9.10. The monoisotopic (exact) mass is 428 g/mol. The fraction of sp³-hybridized carbons (Fsp3) is 0.316. The van der Waals surface area contributed by atoms with Crippen LogP contribution in [0.5, 0.6) is 5.75 Å². The number of rotatable bonds is 6. The van der Waals surface area contributed by atoms with Crippen molar-refractivity contribution in [1.82, 2.24) is 0 Å². The van der Waals surface area contributed by atoms with Gasteiger partial charge in [-0.1, -0.05) is 40.2 Å². The van der Waals surface area contributed by atoms with E-state index in [1.165, 1.54) is 24.3 Å². The van der Waals surface area contributed by atoms with Gasteiger partial charge < -0.3 is 9.84 Å². The minimum atomic E-state index is -4.75. The fourth-order valence-corrected chi connectivity index (χ4v) is 3.60. The summed E-state index contributed by atoms with van der Waals surface area (Å²) in [7, 11) is 0. The Balaban J connectivity index is 1.82. The molecule has 0 bridgehead atoms. The van der Waals surface area contributed by atoms with E-state index in [1.54, 1.807) is 0 Å². The van der Waals surface area contributed by atoms with Crippen molar-refractivity contribution >= 4 is 21.9 Å². The second kappa shape index (κ2) is 6.95. The van der Waals surface area contributed by atoms with E-state index in [2.05, 4.69) is 20.7 Å². The highest BCUT2D eigenvalue weighted by Gasteiger charge is 2.53. The summed E-state index contributed by atoms with van der Waals surface area (Å²) in [6, 6.07) is 13.0. The van der Waals surface area contributed by atoms with E-state index in [1.807, 2.05) is 24.3 Å². The molecule has 1 fully saturated rings. The highest BCUT2D eigenvalue weighted by Crippen LogP contribution is 2.55. The highest BCUT2D eigenvalue weighted by atomic mass is 79.9. The Labute approximate surface area is 156 Å². The van der Waals surface area contributed by atoms with Crippen molar-refractivity contribution in [2.75, 3.05) is 0 Å². The van der Waals surface area contributed by atoms with Gasteiger partial charge in [-0.15, -0.1) is 13.2 Å². The molecule has 7 heteroatoms. The Morgan fingerprint density at radius 3 is 2.15 bits per heavy atom. The van der Waals surface area contributed by atoms with Crippen molar-refractivity contribution in [3.05, 3.63) is 64.1 Å². The lowest BCUT2D eigenvalue weighted by Crippen LogP contribution is -2.30. The minimum Gasteiger partial charge on any atom is -0.481 e. The summed E-state index contributed by atoms with van der Waals surface area (Å²) in [5.74, 6) is -1.85. The summed E-state index contributed by atoms with van der Waals surface area (Å²) in [6.45, 7) is 0. The van der Waals surface area contributed by atoms with E-state index < -0.39 is 23.7 Å². The van der Waals surface area contributed by atoms with Crippen LogP contribution in [-0.2, 0) is 16.6 Å². The van der Waals surface area contributed by atoms with Crippen LogP contribution in [0.1, 0.15) is 24.0 Å². The number of carbonyl (C=O) groups is 1. The van der Waals surface area contributed by atoms with Crippen molar-refractivity contribution < 1.29 is 27.8 Å². The van der Waals surface area contributed by atoms with Crippen molar-refractivity contribution in [3.8, 4) is 5.75 Å². The molecular weight excluding hydrogens is 413 g/mol. The molecule has 26 heavy (non-hydrogen) atoms. The third kappa shape index (κ3) is 4.20. The van der Waals surface area contributed by atoms with Crippen LogP contribution in [0.15, 0.2) is 53.0 Å². The van der Waals surface area contributed by atoms with Crippen LogP contribution in [-0.4, -0.2) is 17.4 Å². The van der Waals surface area contributed by atoms with Crippen LogP contribution in [0.4, 0.5) is 13.2 Å². The molecule has 0 saturated heterocycles. The lowest BCUT2D eigenvalue weighted by Gasteiger charge is -2.24. The summed E-state index contributed by atoms with van der Waals surface area (Å²) < 4.78 is 41.7. The SMILES string of the molecule is O=C(O)[C@@H](Cc1ccc(Br)cc1)C1(c2ccc(OC(F)(F)F)cc2)CC1. The number of hydrogen-bond acceptors (Lipinski definition) is 2. The van der Waals surface area contributed by atoms with Crippen molar-refractivity contribution in [3.63, 3.8) is 0 Å². The normalized spacial score (nSPS) is 16.8. The largest absolute Gasteiger partial charge is 0.573 e. The third-order valence-corrected chi connectivity index (χ3v) is 5.30. The molecule has 3 nitrogen and oxygen atoms in total. The lowest BCUT2D eigenvalue weighted by molar-refractivity contribution is -0.274. The average molecular weight is 429 g/mol. The second-order valence-electron chi connectivity index (χ2n) is 6.45. The van der Waals surface area contributed by atoms with Crippen molar-refractivity contribution in [2.24, 2.45) is 5.92 Å². The molecule has 0 amide bonds. The van der Waals surface area contributed by atoms with E-state index in [4.69, 9.17) is 0 Å². The van der Waals surface area contributed by atoms with Gasteiger partial charge in [0.2, 0.25) is 0 Å². The molecule has 2 aromatic rings. The molecule has 0 unspecified atom stereocenters. The number of benzene rings is 2. The first-order valence-corrected chi connectivity index (χ1v) is 8.82. The zero-order valence-electron chi connectivity index (χ0n) is 13.6. The second-order valence-corrected chi connectivity index (χ2v) is 7.37. The van der Waals surface area contributed by atoms with Gasteiger partial charge in [-0.2, -0.15) is 0 Å². The zero-order chi connectivity index (χ0) is 18.9. The summed E-state index contributed by atoms with van der Waals surface area (Å²) in [4.78, 5) is 11.9. The maximum atomic E-state index is 12.3. The molecule has 0 aliphatic heterocycles.